The van der Waals surface area contributed by atoms with Crippen LogP contribution in [0.15, 0.2) is 34.7 Å². The maximum atomic E-state index is 11.3. The highest BCUT2D eigenvalue weighted by atomic mass is 16.5. The fourth-order valence-corrected chi connectivity index (χ4v) is 1.70. The number of aliphatic hydroxyl groups is 1. The van der Waals surface area contributed by atoms with E-state index in [1.807, 2.05) is 5.43 Å². The molecule has 0 radical (unpaired) electrons. The summed E-state index contributed by atoms with van der Waals surface area (Å²) in [5.74, 6) is 6.00. The fraction of sp³-hybridized carbons (Fsp3) is 0.214. The van der Waals surface area contributed by atoms with Gasteiger partial charge in [0, 0.05) is 5.56 Å². The number of benzene rings is 1. The van der Waals surface area contributed by atoms with Gasteiger partial charge in [0.2, 0.25) is 0 Å². The van der Waals surface area contributed by atoms with E-state index in [1.165, 1.54) is 0 Å². The SMILES string of the molecule is Cc1oc(C(=O)NN)cc1COc1ccc(CO)cc1. The Kier molecular flexibility index (Phi) is 4.39. The molecular weight excluding hydrogens is 260 g/mol. The van der Waals surface area contributed by atoms with Gasteiger partial charge in [0.1, 0.15) is 18.1 Å². The first-order chi connectivity index (χ1) is 9.63. The van der Waals surface area contributed by atoms with Crippen molar-refractivity contribution in [3.05, 3.63) is 53.0 Å². The molecule has 1 amide bonds. The highest BCUT2D eigenvalue weighted by Gasteiger charge is 2.13. The zero-order valence-electron chi connectivity index (χ0n) is 11.1. The third-order valence-electron chi connectivity index (χ3n) is 2.88. The van der Waals surface area contributed by atoms with Gasteiger partial charge in [-0.2, -0.15) is 0 Å². The van der Waals surface area contributed by atoms with Crippen molar-refractivity contribution in [2.24, 2.45) is 5.84 Å². The molecule has 106 valence electrons. The van der Waals surface area contributed by atoms with Gasteiger partial charge in [-0.1, -0.05) is 12.1 Å². The number of hydrogen-bond acceptors (Lipinski definition) is 5. The lowest BCUT2D eigenvalue weighted by Crippen LogP contribution is -2.29. The Bertz CT molecular complexity index is 590. The smallest absolute Gasteiger partial charge is 0.300 e. The minimum atomic E-state index is -0.480. The normalized spacial score (nSPS) is 10.3. The first-order valence-corrected chi connectivity index (χ1v) is 6.07. The standard InChI is InChI=1S/C14H16N2O4/c1-9-11(6-13(20-9)14(18)16-15)8-19-12-4-2-10(7-17)3-5-12/h2-6,17H,7-8,15H2,1H3,(H,16,18). The molecule has 0 fully saturated rings. The molecule has 20 heavy (non-hydrogen) atoms. The number of hydrazine groups is 1. The predicted octanol–water partition coefficient (Wildman–Crippen LogP) is 1.26. The lowest BCUT2D eigenvalue weighted by atomic mass is 10.2. The topological polar surface area (TPSA) is 97.7 Å². The van der Waals surface area contributed by atoms with E-state index >= 15 is 0 Å². The van der Waals surface area contributed by atoms with Crippen molar-refractivity contribution in [1.29, 1.82) is 0 Å². The molecule has 0 aliphatic carbocycles. The minimum absolute atomic E-state index is 0.00131. The van der Waals surface area contributed by atoms with Crippen LogP contribution in [0.3, 0.4) is 0 Å². The molecule has 0 aliphatic rings. The molecule has 0 unspecified atom stereocenters. The average molecular weight is 276 g/mol. The Morgan fingerprint density at radius 1 is 1.40 bits per heavy atom. The second kappa shape index (κ2) is 6.23. The number of rotatable bonds is 5. The van der Waals surface area contributed by atoms with Crippen molar-refractivity contribution in [2.45, 2.75) is 20.1 Å². The highest BCUT2D eigenvalue weighted by Crippen LogP contribution is 2.18. The van der Waals surface area contributed by atoms with Gasteiger partial charge < -0.3 is 14.3 Å². The molecule has 1 heterocycles. The first kappa shape index (κ1) is 14.1. The molecule has 0 saturated carbocycles. The van der Waals surface area contributed by atoms with Crippen LogP contribution in [0.4, 0.5) is 0 Å². The largest absolute Gasteiger partial charge is 0.489 e. The predicted molar refractivity (Wildman–Crippen MR) is 71.8 cm³/mol. The summed E-state index contributed by atoms with van der Waals surface area (Å²) in [6, 6.07) is 8.71. The molecule has 0 atom stereocenters. The van der Waals surface area contributed by atoms with Crippen LogP contribution in [0, 0.1) is 6.92 Å². The Morgan fingerprint density at radius 2 is 2.10 bits per heavy atom. The number of ether oxygens (including phenoxy) is 1. The monoisotopic (exact) mass is 276 g/mol. The number of aliphatic hydroxyl groups excluding tert-OH is 1. The van der Waals surface area contributed by atoms with Crippen LogP contribution in [0.1, 0.15) is 27.4 Å². The highest BCUT2D eigenvalue weighted by molar-refractivity contribution is 5.91. The summed E-state index contributed by atoms with van der Waals surface area (Å²) in [6.07, 6.45) is 0. The van der Waals surface area contributed by atoms with Crippen molar-refractivity contribution >= 4 is 5.91 Å². The third kappa shape index (κ3) is 3.17. The van der Waals surface area contributed by atoms with Gasteiger partial charge >= 0.3 is 5.91 Å². The molecule has 0 saturated heterocycles. The summed E-state index contributed by atoms with van der Waals surface area (Å²) >= 11 is 0. The van der Waals surface area contributed by atoms with Crippen molar-refractivity contribution in [2.75, 3.05) is 0 Å². The number of hydrogen-bond donors (Lipinski definition) is 3. The van der Waals surface area contributed by atoms with Gasteiger partial charge in [-0.3, -0.25) is 10.2 Å². The van der Waals surface area contributed by atoms with E-state index in [0.717, 1.165) is 11.1 Å². The van der Waals surface area contributed by atoms with Crippen molar-refractivity contribution in [3.8, 4) is 5.75 Å². The third-order valence-corrected chi connectivity index (χ3v) is 2.88. The van der Waals surface area contributed by atoms with E-state index in [2.05, 4.69) is 0 Å². The average Bonchev–Trinajstić information content (AvgIpc) is 2.86. The van der Waals surface area contributed by atoms with Crippen LogP contribution in [0.25, 0.3) is 0 Å². The van der Waals surface area contributed by atoms with Crippen LogP contribution in [0.5, 0.6) is 5.75 Å². The maximum Gasteiger partial charge on any atom is 0.300 e. The number of carbonyl (C=O) groups excluding carboxylic acids is 1. The van der Waals surface area contributed by atoms with E-state index in [0.29, 0.717) is 11.5 Å². The van der Waals surface area contributed by atoms with Crippen LogP contribution >= 0.6 is 0 Å². The zero-order chi connectivity index (χ0) is 14.5. The lowest BCUT2D eigenvalue weighted by molar-refractivity contribution is 0.0924. The summed E-state index contributed by atoms with van der Waals surface area (Å²) in [6.45, 7) is 2.03. The Balaban J connectivity index is 2.02. The maximum absolute atomic E-state index is 11.3. The second-order valence-electron chi connectivity index (χ2n) is 4.26. The number of amides is 1. The quantitative estimate of drug-likeness (QED) is 0.434. The number of furan rings is 1. The lowest BCUT2D eigenvalue weighted by Gasteiger charge is -2.05. The molecule has 0 spiro atoms. The first-order valence-electron chi connectivity index (χ1n) is 6.07. The van der Waals surface area contributed by atoms with Gasteiger partial charge in [0.25, 0.3) is 0 Å². The number of nitrogens with two attached hydrogens (primary N) is 1. The Morgan fingerprint density at radius 3 is 2.70 bits per heavy atom. The Hall–Kier alpha value is -2.31. The summed E-state index contributed by atoms with van der Waals surface area (Å²) in [4.78, 5) is 11.3. The molecular formula is C14H16N2O4. The molecule has 1 aromatic heterocycles. The number of nitrogens with one attached hydrogen (secondary N) is 1. The van der Waals surface area contributed by atoms with Crippen LogP contribution in [-0.2, 0) is 13.2 Å². The molecule has 0 aliphatic heterocycles. The van der Waals surface area contributed by atoms with E-state index in [9.17, 15) is 4.79 Å². The molecule has 6 nitrogen and oxygen atoms in total. The Labute approximate surface area is 116 Å². The van der Waals surface area contributed by atoms with Gasteiger partial charge in [-0.05, 0) is 30.7 Å². The van der Waals surface area contributed by atoms with E-state index in [1.54, 1.807) is 37.3 Å². The van der Waals surface area contributed by atoms with Gasteiger partial charge in [0.15, 0.2) is 5.76 Å². The number of nitrogen functional groups attached to an aromatic ring is 1. The zero-order valence-corrected chi connectivity index (χ0v) is 11.1. The van der Waals surface area contributed by atoms with Gasteiger partial charge in [-0.25, -0.2) is 5.84 Å². The van der Waals surface area contributed by atoms with Crippen molar-refractivity contribution in [1.82, 2.24) is 5.43 Å². The van der Waals surface area contributed by atoms with E-state index in [4.69, 9.17) is 20.1 Å². The molecule has 2 rings (SSSR count). The second-order valence-corrected chi connectivity index (χ2v) is 4.26. The minimum Gasteiger partial charge on any atom is -0.489 e. The number of aryl methyl sites for hydroxylation is 1. The van der Waals surface area contributed by atoms with E-state index < -0.39 is 5.91 Å². The summed E-state index contributed by atoms with van der Waals surface area (Å²) < 4.78 is 10.9. The molecule has 2 aromatic rings. The summed E-state index contributed by atoms with van der Waals surface area (Å²) in [5, 5.41) is 8.95. The molecule has 0 bridgehead atoms. The summed E-state index contributed by atoms with van der Waals surface area (Å²) in [7, 11) is 0. The molecule has 1 aromatic carbocycles. The molecule has 6 heteroatoms. The van der Waals surface area contributed by atoms with Crippen LogP contribution < -0.4 is 16.0 Å². The number of carbonyl (C=O) groups is 1. The summed E-state index contributed by atoms with van der Waals surface area (Å²) in [5.41, 5.74) is 3.60. The molecule has 4 N–H and O–H groups in total. The fourth-order valence-electron chi connectivity index (χ4n) is 1.70. The van der Waals surface area contributed by atoms with E-state index in [-0.39, 0.29) is 19.0 Å². The van der Waals surface area contributed by atoms with Crippen molar-refractivity contribution in [3.63, 3.8) is 0 Å². The van der Waals surface area contributed by atoms with Crippen molar-refractivity contribution < 1.29 is 19.1 Å². The van der Waals surface area contributed by atoms with Gasteiger partial charge in [-0.15, -0.1) is 0 Å². The van der Waals surface area contributed by atoms with Gasteiger partial charge in [0.05, 0.1) is 6.61 Å². The van der Waals surface area contributed by atoms with Crippen LogP contribution in [0.2, 0.25) is 0 Å². The van der Waals surface area contributed by atoms with Crippen LogP contribution in [-0.4, -0.2) is 11.0 Å².